The van der Waals surface area contributed by atoms with Crippen molar-refractivity contribution in [3.05, 3.63) is 69.3 Å². The van der Waals surface area contributed by atoms with Crippen LogP contribution < -0.4 is 0 Å². The predicted molar refractivity (Wildman–Crippen MR) is 87.5 cm³/mol. The summed E-state index contributed by atoms with van der Waals surface area (Å²) in [5, 5.41) is 3.70. The Labute approximate surface area is 132 Å². The summed E-state index contributed by atoms with van der Waals surface area (Å²) in [6.45, 7) is 1.97. The molecule has 2 aromatic heterocycles. The maximum absolute atomic E-state index is 5.88. The highest BCUT2D eigenvalue weighted by Gasteiger charge is 1.99. The van der Waals surface area contributed by atoms with Crippen LogP contribution >= 0.6 is 22.9 Å². The van der Waals surface area contributed by atoms with Crippen LogP contribution in [0.2, 0.25) is 5.02 Å². The molecule has 1 aromatic carbocycles. The van der Waals surface area contributed by atoms with Crippen LogP contribution in [-0.4, -0.2) is 9.97 Å². The van der Waals surface area contributed by atoms with Gasteiger partial charge in [-0.05, 0) is 37.1 Å². The quantitative estimate of drug-likeness (QED) is 0.615. The number of rotatable bonds is 1. The lowest BCUT2D eigenvalue weighted by Gasteiger charge is -2.00. The van der Waals surface area contributed by atoms with Crippen molar-refractivity contribution in [3.63, 3.8) is 0 Å². The van der Waals surface area contributed by atoms with E-state index in [4.69, 9.17) is 11.6 Å². The lowest BCUT2D eigenvalue weighted by atomic mass is 10.1. The van der Waals surface area contributed by atoms with Crippen molar-refractivity contribution >= 4 is 22.9 Å². The molecule has 0 aliphatic rings. The molecule has 0 amide bonds. The number of halogens is 1. The van der Waals surface area contributed by atoms with E-state index in [1.807, 2.05) is 48.7 Å². The SMILES string of the molecule is Cc1nc(C#Cc2ccc(-c3ccc(Cl)cc3)nc2)cs1. The van der Waals surface area contributed by atoms with Gasteiger partial charge in [0.25, 0.3) is 0 Å². The number of pyridine rings is 1. The second-order valence-electron chi connectivity index (χ2n) is 4.44. The molecule has 2 heterocycles. The molecular formula is C17H11ClN2S. The third kappa shape index (κ3) is 3.49. The van der Waals surface area contributed by atoms with Crippen LogP contribution in [0.25, 0.3) is 11.3 Å². The van der Waals surface area contributed by atoms with Crippen molar-refractivity contribution in [1.82, 2.24) is 9.97 Å². The minimum Gasteiger partial charge on any atom is -0.255 e. The normalized spacial score (nSPS) is 10.0. The number of aromatic nitrogens is 2. The number of benzene rings is 1. The van der Waals surface area contributed by atoms with Crippen LogP contribution in [0, 0.1) is 18.8 Å². The summed E-state index contributed by atoms with van der Waals surface area (Å²) in [5.41, 5.74) is 3.62. The highest BCUT2D eigenvalue weighted by molar-refractivity contribution is 7.09. The summed E-state index contributed by atoms with van der Waals surface area (Å²) >= 11 is 7.48. The summed E-state index contributed by atoms with van der Waals surface area (Å²) in [4.78, 5) is 8.74. The van der Waals surface area contributed by atoms with Crippen LogP contribution in [0.5, 0.6) is 0 Å². The molecule has 4 heteroatoms. The number of hydrogen-bond acceptors (Lipinski definition) is 3. The molecule has 0 radical (unpaired) electrons. The van der Waals surface area contributed by atoms with Crippen molar-refractivity contribution < 1.29 is 0 Å². The molecular weight excluding hydrogens is 300 g/mol. The fourth-order valence-electron chi connectivity index (χ4n) is 1.82. The first kappa shape index (κ1) is 13.8. The molecule has 21 heavy (non-hydrogen) atoms. The van der Waals surface area contributed by atoms with E-state index in [1.54, 1.807) is 17.5 Å². The molecule has 2 nitrogen and oxygen atoms in total. The van der Waals surface area contributed by atoms with Gasteiger partial charge < -0.3 is 0 Å². The maximum atomic E-state index is 5.88. The van der Waals surface area contributed by atoms with Crippen LogP contribution in [0.4, 0.5) is 0 Å². The van der Waals surface area contributed by atoms with E-state index >= 15 is 0 Å². The molecule has 0 bridgehead atoms. The highest BCUT2D eigenvalue weighted by atomic mass is 35.5. The van der Waals surface area contributed by atoms with Gasteiger partial charge in [0.05, 0.1) is 10.7 Å². The molecule has 0 atom stereocenters. The van der Waals surface area contributed by atoms with E-state index in [1.165, 1.54) is 0 Å². The van der Waals surface area contributed by atoms with Gasteiger partial charge in [-0.25, -0.2) is 4.98 Å². The zero-order valence-corrected chi connectivity index (χ0v) is 12.9. The first-order valence-electron chi connectivity index (χ1n) is 6.37. The number of hydrogen-bond donors (Lipinski definition) is 0. The minimum atomic E-state index is 0.722. The number of aryl methyl sites for hydroxylation is 1. The largest absolute Gasteiger partial charge is 0.255 e. The zero-order valence-electron chi connectivity index (χ0n) is 11.3. The van der Waals surface area contributed by atoms with E-state index < -0.39 is 0 Å². The van der Waals surface area contributed by atoms with E-state index in [0.717, 1.165) is 32.5 Å². The second kappa shape index (κ2) is 6.09. The fourth-order valence-corrected chi connectivity index (χ4v) is 2.49. The molecule has 0 fully saturated rings. The van der Waals surface area contributed by atoms with Gasteiger partial charge in [0.15, 0.2) is 0 Å². The van der Waals surface area contributed by atoms with E-state index in [-0.39, 0.29) is 0 Å². The van der Waals surface area contributed by atoms with E-state index in [2.05, 4.69) is 21.8 Å². The molecule has 3 rings (SSSR count). The van der Waals surface area contributed by atoms with E-state index in [9.17, 15) is 0 Å². The Bertz CT molecular complexity index is 808. The third-order valence-corrected chi connectivity index (χ3v) is 3.88. The molecule has 0 saturated heterocycles. The van der Waals surface area contributed by atoms with Crippen molar-refractivity contribution in [3.8, 4) is 23.1 Å². The van der Waals surface area contributed by atoms with Gasteiger partial charge in [-0.15, -0.1) is 11.3 Å². The minimum absolute atomic E-state index is 0.722. The van der Waals surface area contributed by atoms with Gasteiger partial charge in [-0.1, -0.05) is 29.7 Å². The first-order valence-corrected chi connectivity index (χ1v) is 7.62. The molecule has 0 saturated carbocycles. The molecule has 3 aromatic rings. The Hall–Kier alpha value is -2.15. The summed E-state index contributed by atoms with van der Waals surface area (Å²) in [6, 6.07) is 11.5. The van der Waals surface area contributed by atoms with Gasteiger partial charge in [-0.3, -0.25) is 4.98 Å². The van der Waals surface area contributed by atoms with Crippen molar-refractivity contribution in [1.29, 1.82) is 0 Å². The lowest BCUT2D eigenvalue weighted by molar-refractivity contribution is 1.27. The van der Waals surface area contributed by atoms with Crippen LogP contribution in [0.1, 0.15) is 16.3 Å². The van der Waals surface area contributed by atoms with Crippen molar-refractivity contribution in [2.75, 3.05) is 0 Å². The van der Waals surface area contributed by atoms with E-state index in [0.29, 0.717) is 0 Å². The molecule has 102 valence electrons. The van der Waals surface area contributed by atoms with Crippen LogP contribution in [0.15, 0.2) is 48.0 Å². The standard InChI is InChI=1S/C17H11ClN2S/c1-12-20-16(11-21-12)8-2-13-3-9-17(19-10-13)14-4-6-15(18)7-5-14/h3-7,9-11H,1H3. The van der Waals surface area contributed by atoms with Gasteiger partial charge >= 0.3 is 0 Å². The van der Waals surface area contributed by atoms with Gasteiger partial charge in [0.2, 0.25) is 0 Å². The van der Waals surface area contributed by atoms with Crippen molar-refractivity contribution in [2.24, 2.45) is 0 Å². The van der Waals surface area contributed by atoms with Gasteiger partial charge in [-0.2, -0.15) is 0 Å². The zero-order chi connectivity index (χ0) is 14.7. The summed E-state index contributed by atoms with van der Waals surface area (Å²) in [7, 11) is 0. The Morgan fingerprint density at radius 3 is 2.48 bits per heavy atom. The third-order valence-electron chi connectivity index (χ3n) is 2.86. The summed E-state index contributed by atoms with van der Waals surface area (Å²) in [6.07, 6.45) is 1.77. The Morgan fingerprint density at radius 2 is 1.86 bits per heavy atom. The summed E-state index contributed by atoms with van der Waals surface area (Å²) < 4.78 is 0. The Kier molecular flexibility index (Phi) is 4.01. The Morgan fingerprint density at radius 1 is 1.05 bits per heavy atom. The topological polar surface area (TPSA) is 25.8 Å². The Balaban J connectivity index is 1.81. The molecule has 0 aliphatic carbocycles. The molecule has 0 spiro atoms. The predicted octanol–water partition coefficient (Wildman–Crippen LogP) is 4.57. The lowest BCUT2D eigenvalue weighted by Crippen LogP contribution is -1.84. The number of nitrogens with zero attached hydrogens (tertiary/aromatic N) is 2. The summed E-state index contributed by atoms with van der Waals surface area (Å²) in [5.74, 6) is 6.11. The van der Waals surface area contributed by atoms with Crippen LogP contribution in [-0.2, 0) is 0 Å². The molecule has 0 N–H and O–H groups in total. The molecule has 0 aliphatic heterocycles. The first-order chi connectivity index (χ1) is 10.2. The smallest absolute Gasteiger partial charge is 0.124 e. The highest BCUT2D eigenvalue weighted by Crippen LogP contribution is 2.19. The average molecular weight is 311 g/mol. The fraction of sp³-hybridized carbons (Fsp3) is 0.0588. The monoisotopic (exact) mass is 310 g/mol. The van der Waals surface area contributed by atoms with Gasteiger partial charge in [0.1, 0.15) is 5.69 Å². The van der Waals surface area contributed by atoms with Gasteiger partial charge in [0, 0.05) is 27.7 Å². The van der Waals surface area contributed by atoms with Crippen molar-refractivity contribution in [2.45, 2.75) is 6.92 Å². The van der Waals surface area contributed by atoms with Crippen LogP contribution in [0.3, 0.4) is 0 Å². The second-order valence-corrected chi connectivity index (χ2v) is 5.94. The number of thiazole rings is 1. The maximum Gasteiger partial charge on any atom is 0.124 e. The average Bonchev–Trinajstić information content (AvgIpc) is 2.92. The molecule has 0 unspecified atom stereocenters.